The van der Waals surface area contributed by atoms with Gasteiger partial charge in [-0.3, -0.25) is 19.7 Å². The Labute approximate surface area is 222 Å². The number of piperidine rings is 1. The molecule has 6 nitrogen and oxygen atoms in total. The Hall–Kier alpha value is -1.86. The van der Waals surface area contributed by atoms with Crippen molar-refractivity contribution in [3.63, 3.8) is 0 Å². The van der Waals surface area contributed by atoms with Gasteiger partial charge in [-0.1, -0.05) is 25.3 Å². The van der Waals surface area contributed by atoms with E-state index in [-0.39, 0.29) is 24.1 Å². The number of hydrogen-bond acceptors (Lipinski definition) is 4. The van der Waals surface area contributed by atoms with Crippen molar-refractivity contribution < 1.29 is 18.9 Å². The van der Waals surface area contributed by atoms with Crippen molar-refractivity contribution >= 4 is 29.5 Å². The van der Waals surface area contributed by atoms with Crippen molar-refractivity contribution in [3.8, 4) is 0 Å². The van der Waals surface area contributed by atoms with Gasteiger partial charge in [-0.2, -0.15) is 0 Å². The number of nitrogens with zero attached hydrogens (tertiary/aromatic N) is 2. The number of rotatable bonds is 14. The second-order valence-corrected chi connectivity index (χ2v) is 12.1. The molecule has 7 heteroatoms. The van der Waals surface area contributed by atoms with E-state index in [0.29, 0.717) is 30.6 Å². The molecule has 0 radical (unpaired) electrons. The molecule has 1 atom stereocenters. The monoisotopic (exact) mass is 516 g/mol. The number of unbranched alkanes of at least 4 members (excludes halogenated alkanes) is 5. The third-order valence-corrected chi connectivity index (χ3v) is 9.60. The van der Waals surface area contributed by atoms with Crippen LogP contribution in [0, 0.1) is 0 Å². The largest absolute Gasteiger partial charge is 0.322 e. The Bertz CT molecular complexity index is 922. The fraction of sp³-hybridized carbons (Fsp3) is 0.690. The molecule has 3 amide bonds. The first kappa shape index (κ1) is 28.7. The normalized spacial score (nSPS) is 18.4. The zero-order chi connectivity index (χ0) is 26.3. The first-order valence-corrected chi connectivity index (χ1v) is 15.0. The van der Waals surface area contributed by atoms with E-state index in [1.807, 2.05) is 23.9 Å². The molecule has 1 aromatic rings. The van der Waals surface area contributed by atoms with E-state index in [9.17, 15) is 14.4 Å². The van der Waals surface area contributed by atoms with Gasteiger partial charge in [0.2, 0.25) is 11.8 Å². The lowest BCUT2D eigenvalue weighted by Gasteiger charge is -2.45. The highest BCUT2D eigenvalue weighted by atomic mass is 32.2. The van der Waals surface area contributed by atoms with Gasteiger partial charge >= 0.3 is 0 Å². The van der Waals surface area contributed by atoms with Crippen LogP contribution in [0.25, 0.3) is 0 Å². The van der Waals surface area contributed by atoms with Crippen LogP contribution in [0.15, 0.2) is 23.1 Å². The second kappa shape index (κ2) is 13.1. The standard InChI is InChI=1S/C29H45N3O3S/c1-6-32(21(2)3,22(4)5)18-11-9-7-8-10-12-19-36-26-15-13-14-23-24(26)20-31(29(23)35)25-16-17-27(33)30-28(25)34/h13-15,21-22,25H,6-12,16-20H2,1-5H3/p+1. The topological polar surface area (TPSA) is 66.5 Å². The molecule has 0 saturated carbocycles. The number of benzene rings is 1. The molecule has 2 aliphatic rings. The maximum atomic E-state index is 13.0. The van der Waals surface area contributed by atoms with Crippen LogP contribution in [0.1, 0.15) is 102 Å². The molecule has 0 aromatic heterocycles. The van der Waals surface area contributed by atoms with E-state index in [1.165, 1.54) is 56.1 Å². The Morgan fingerprint density at radius 3 is 2.31 bits per heavy atom. The molecule has 3 rings (SSSR count). The quantitative estimate of drug-likeness (QED) is 0.153. The zero-order valence-electron chi connectivity index (χ0n) is 23.0. The summed E-state index contributed by atoms with van der Waals surface area (Å²) in [6, 6.07) is 6.69. The third-order valence-electron chi connectivity index (χ3n) is 8.41. The molecular formula is C29H46N3O3S+. The molecular weight excluding hydrogens is 470 g/mol. The zero-order valence-corrected chi connectivity index (χ0v) is 23.8. The fourth-order valence-corrected chi connectivity index (χ4v) is 7.18. The summed E-state index contributed by atoms with van der Waals surface area (Å²) in [4.78, 5) is 39.6. The summed E-state index contributed by atoms with van der Waals surface area (Å²) < 4.78 is 1.22. The number of thioether (sulfide) groups is 1. The van der Waals surface area contributed by atoms with Gasteiger partial charge in [0.05, 0.1) is 25.2 Å². The third kappa shape index (κ3) is 6.52. The summed E-state index contributed by atoms with van der Waals surface area (Å²) in [5.74, 6) is 0.340. The van der Waals surface area contributed by atoms with Gasteiger partial charge in [-0.25, -0.2) is 0 Å². The number of carbonyl (C=O) groups excluding carboxylic acids is 3. The molecule has 1 saturated heterocycles. The van der Waals surface area contributed by atoms with Crippen molar-refractivity contribution in [1.29, 1.82) is 0 Å². The predicted octanol–water partition coefficient (Wildman–Crippen LogP) is 5.53. The van der Waals surface area contributed by atoms with Crippen molar-refractivity contribution in [2.45, 2.75) is 116 Å². The lowest BCUT2D eigenvalue weighted by atomic mass is 10.0. The predicted molar refractivity (Wildman–Crippen MR) is 147 cm³/mol. The molecule has 0 bridgehead atoms. The van der Waals surface area contributed by atoms with Crippen molar-refractivity contribution in [3.05, 3.63) is 29.3 Å². The first-order valence-electron chi connectivity index (χ1n) is 14.0. The van der Waals surface area contributed by atoms with Crippen molar-refractivity contribution in [2.24, 2.45) is 0 Å². The molecule has 0 spiro atoms. The van der Waals surface area contributed by atoms with Crippen LogP contribution in [-0.4, -0.2) is 64.1 Å². The minimum Gasteiger partial charge on any atom is -0.322 e. The molecule has 1 aromatic carbocycles. The van der Waals surface area contributed by atoms with Gasteiger partial charge in [-0.05, 0) is 83.8 Å². The summed E-state index contributed by atoms with van der Waals surface area (Å²) in [5, 5.41) is 2.38. The van der Waals surface area contributed by atoms with Crippen molar-refractivity contribution in [2.75, 3.05) is 18.8 Å². The SMILES string of the molecule is CC[N+](CCCCCCCCSc1cccc2c1CN(C1CCC(=O)NC1=O)C2=O)(C(C)C)C(C)C. The number of fused-ring (bicyclic) bond motifs is 1. The van der Waals surface area contributed by atoms with E-state index in [0.717, 1.165) is 16.2 Å². The van der Waals surface area contributed by atoms with Crippen LogP contribution in [0.5, 0.6) is 0 Å². The molecule has 1 fully saturated rings. The van der Waals surface area contributed by atoms with Gasteiger partial charge in [-0.15, -0.1) is 11.8 Å². The molecule has 2 heterocycles. The highest BCUT2D eigenvalue weighted by Crippen LogP contribution is 2.34. The smallest absolute Gasteiger partial charge is 0.255 e. The highest BCUT2D eigenvalue weighted by molar-refractivity contribution is 7.99. The van der Waals surface area contributed by atoms with Crippen LogP contribution >= 0.6 is 11.8 Å². The molecule has 2 aliphatic heterocycles. The Kier molecular flexibility index (Phi) is 10.4. The van der Waals surface area contributed by atoms with Gasteiger partial charge < -0.3 is 9.38 Å². The van der Waals surface area contributed by atoms with E-state index in [1.54, 1.807) is 4.90 Å². The number of nitrogens with one attached hydrogen (secondary N) is 1. The van der Waals surface area contributed by atoms with Gasteiger partial charge in [0.25, 0.3) is 5.91 Å². The molecule has 1 unspecified atom stereocenters. The van der Waals surface area contributed by atoms with E-state index >= 15 is 0 Å². The maximum Gasteiger partial charge on any atom is 0.255 e. The Balaban J connectivity index is 1.39. The number of amides is 3. The van der Waals surface area contributed by atoms with Gasteiger partial charge in [0.15, 0.2) is 0 Å². The fourth-order valence-electron chi connectivity index (χ4n) is 6.09. The van der Waals surface area contributed by atoms with Crippen LogP contribution in [0.3, 0.4) is 0 Å². The summed E-state index contributed by atoms with van der Waals surface area (Å²) in [6.45, 7) is 14.8. The minimum atomic E-state index is -0.553. The minimum absolute atomic E-state index is 0.0948. The summed E-state index contributed by atoms with van der Waals surface area (Å²) in [5.41, 5.74) is 1.74. The van der Waals surface area contributed by atoms with E-state index in [2.05, 4.69) is 46.0 Å². The number of carbonyl (C=O) groups is 3. The van der Waals surface area contributed by atoms with E-state index in [4.69, 9.17) is 0 Å². The number of quaternary nitrogens is 1. The van der Waals surface area contributed by atoms with Crippen LogP contribution in [0.4, 0.5) is 0 Å². The lowest BCUT2D eigenvalue weighted by Crippen LogP contribution is -2.58. The van der Waals surface area contributed by atoms with Gasteiger partial charge in [0.1, 0.15) is 6.04 Å². The number of hydrogen-bond donors (Lipinski definition) is 1. The maximum absolute atomic E-state index is 13.0. The molecule has 1 N–H and O–H groups in total. The molecule has 200 valence electrons. The van der Waals surface area contributed by atoms with Crippen LogP contribution in [0.2, 0.25) is 0 Å². The first-order chi connectivity index (χ1) is 17.2. The number of imide groups is 1. The Morgan fingerprint density at radius 2 is 1.67 bits per heavy atom. The lowest BCUT2D eigenvalue weighted by molar-refractivity contribution is -0.965. The van der Waals surface area contributed by atoms with Crippen molar-refractivity contribution in [1.82, 2.24) is 10.2 Å². The molecule has 0 aliphatic carbocycles. The average molecular weight is 517 g/mol. The van der Waals surface area contributed by atoms with Crippen LogP contribution < -0.4 is 5.32 Å². The van der Waals surface area contributed by atoms with Crippen LogP contribution in [-0.2, 0) is 16.1 Å². The average Bonchev–Trinajstić information content (AvgIpc) is 3.17. The summed E-state index contributed by atoms with van der Waals surface area (Å²) in [6.07, 6.45) is 8.32. The Morgan fingerprint density at radius 1 is 1.00 bits per heavy atom. The highest BCUT2D eigenvalue weighted by Gasteiger charge is 2.39. The van der Waals surface area contributed by atoms with E-state index < -0.39 is 6.04 Å². The summed E-state index contributed by atoms with van der Waals surface area (Å²) >= 11 is 1.82. The van der Waals surface area contributed by atoms with Gasteiger partial charge in [0, 0.05) is 23.4 Å². The summed E-state index contributed by atoms with van der Waals surface area (Å²) in [7, 11) is 0. The second-order valence-electron chi connectivity index (χ2n) is 11.0. The molecule has 36 heavy (non-hydrogen) atoms.